The van der Waals surface area contributed by atoms with Crippen LogP contribution in [0.1, 0.15) is 44.7 Å². The highest BCUT2D eigenvalue weighted by Gasteiger charge is 2.28. The Labute approximate surface area is 258 Å². The van der Waals surface area contributed by atoms with Gasteiger partial charge in [-0.3, -0.25) is 14.6 Å². The van der Waals surface area contributed by atoms with Crippen LogP contribution in [0.2, 0.25) is 0 Å². The summed E-state index contributed by atoms with van der Waals surface area (Å²) in [5.41, 5.74) is 4.39. The van der Waals surface area contributed by atoms with E-state index in [2.05, 4.69) is 53.0 Å². The molecule has 1 fully saturated rings. The highest BCUT2D eigenvalue weighted by molar-refractivity contribution is 9.10. The number of anilines is 1. The molecule has 0 bridgehead atoms. The van der Waals surface area contributed by atoms with E-state index in [1.165, 1.54) is 11.1 Å². The van der Waals surface area contributed by atoms with E-state index >= 15 is 0 Å². The van der Waals surface area contributed by atoms with Crippen molar-refractivity contribution in [1.29, 1.82) is 0 Å². The van der Waals surface area contributed by atoms with Gasteiger partial charge < -0.3 is 14.8 Å². The molecular formula is C32H35Br2N3O4. The van der Waals surface area contributed by atoms with Gasteiger partial charge in [-0.05, 0) is 91.4 Å². The number of amides is 1. The van der Waals surface area contributed by atoms with Crippen molar-refractivity contribution in [1.82, 2.24) is 9.80 Å². The van der Waals surface area contributed by atoms with Crippen LogP contribution in [0, 0.1) is 0 Å². The van der Waals surface area contributed by atoms with Gasteiger partial charge in [-0.2, -0.15) is 0 Å². The van der Waals surface area contributed by atoms with E-state index in [-0.39, 0.29) is 11.9 Å². The number of ether oxygens (including phenoxy) is 2. The van der Waals surface area contributed by atoms with Crippen LogP contribution >= 0.6 is 31.9 Å². The Balaban J connectivity index is 1.14. The SMILES string of the molecule is COc1c(NC(=O)c2ccc(Br)cc2)ccc2c1CCC[C@@H](N1CCN(CCOC(=O)c3ccc(Br)cc3)CC1)C2. The average Bonchev–Trinajstić information content (AvgIpc) is 3.21. The predicted octanol–water partition coefficient (Wildman–Crippen LogP) is 6.19. The number of hydrogen-bond donors (Lipinski definition) is 1. The predicted molar refractivity (Wildman–Crippen MR) is 168 cm³/mol. The molecule has 1 aliphatic heterocycles. The monoisotopic (exact) mass is 683 g/mol. The fourth-order valence-corrected chi connectivity index (χ4v) is 6.26. The van der Waals surface area contributed by atoms with Crippen molar-refractivity contribution in [2.75, 3.05) is 51.8 Å². The molecule has 1 amide bonds. The quantitative estimate of drug-likeness (QED) is 0.225. The maximum Gasteiger partial charge on any atom is 0.338 e. The smallest absolute Gasteiger partial charge is 0.338 e. The molecule has 0 unspecified atom stereocenters. The molecule has 1 N–H and O–H groups in total. The molecule has 3 aromatic rings. The fourth-order valence-electron chi connectivity index (χ4n) is 5.73. The molecule has 0 radical (unpaired) electrons. The molecule has 5 rings (SSSR count). The van der Waals surface area contributed by atoms with E-state index < -0.39 is 0 Å². The van der Waals surface area contributed by atoms with Gasteiger partial charge in [-0.25, -0.2) is 4.79 Å². The first-order chi connectivity index (χ1) is 19.9. The number of methoxy groups -OCH3 is 1. The largest absolute Gasteiger partial charge is 0.494 e. The Kier molecular flexibility index (Phi) is 10.1. The van der Waals surface area contributed by atoms with E-state index in [0.717, 1.165) is 73.1 Å². The number of fused-ring (bicyclic) bond motifs is 1. The summed E-state index contributed by atoms with van der Waals surface area (Å²) in [6.07, 6.45) is 4.10. The second-order valence-corrected chi connectivity index (χ2v) is 12.3. The Morgan fingerprint density at radius 2 is 1.56 bits per heavy atom. The molecule has 1 aliphatic carbocycles. The van der Waals surface area contributed by atoms with Crippen LogP contribution in [0.4, 0.5) is 5.69 Å². The standard InChI is InChI=1S/C32H35Br2N3O4/c1-40-30-28-4-2-3-27(21-24(28)9-14-29(30)35-31(38)22-5-10-25(33)11-6-22)37-17-15-36(16-18-37)19-20-41-32(39)23-7-12-26(34)13-8-23/h5-14,27H,2-4,15-21H2,1H3,(H,35,38)/t27-/m1/s1. The van der Waals surface area contributed by atoms with Crippen molar-refractivity contribution in [2.24, 2.45) is 0 Å². The first-order valence-corrected chi connectivity index (χ1v) is 15.6. The summed E-state index contributed by atoms with van der Waals surface area (Å²) in [6, 6.07) is 19.2. The van der Waals surface area contributed by atoms with E-state index in [9.17, 15) is 9.59 Å². The lowest BCUT2D eigenvalue weighted by Crippen LogP contribution is -2.51. The zero-order chi connectivity index (χ0) is 28.8. The lowest BCUT2D eigenvalue weighted by molar-refractivity contribution is 0.0392. The molecule has 0 spiro atoms. The van der Waals surface area contributed by atoms with Gasteiger partial charge in [-0.15, -0.1) is 0 Å². The number of piperazine rings is 1. The Morgan fingerprint density at radius 3 is 2.22 bits per heavy atom. The fraction of sp³-hybridized carbons (Fsp3) is 0.375. The van der Waals surface area contributed by atoms with Gasteiger partial charge in [0.2, 0.25) is 0 Å². The van der Waals surface area contributed by atoms with Crippen molar-refractivity contribution >= 4 is 49.4 Å². The summed E-state index contributed by atoms with van der Waals surface area (Å²) >= 11 is 6.81. The normalized spacial score (nSPS) is 17.8. The molecule has 2 aliphatic rings. The molecule has 216 valence electrons. The number of benzene rings is 3. The Morgan fingerprint density at radius 1 is 0.902 bits per heavy atom. The summed E-state index contributed by atoms with van der Waals surface area (Å²) in [4.78, 5) is 30.1. The maximum absolute atomic E-state index is 12.9. The van der Waals surface area contributed by atoms with Gasteiger partial charge in [0.05, 0.1) is 18.4 Å². The first kappa shape index (κ1) is 29.8. The molecule has 1 saturated heterocycles. The minimum Gasteiger partial charge on any atom is -0.494 e. The molecule has 0 saturated carbocycles. The van der Waals surface area contributed by atoms with Crippen molar-refractivity contribution in [2.45, 2.75) is 31.7 Å². The lowest BCUT2D eigenvalue weighted by Gasteiger charge is -2.39. The van der Waals surface area contributed by atoms with Crippen LogP contribution in [0.5, 0.6) is 5.75 Å². The zero-order valence-corrected chi connectivity index (χ0v) is 26.4. The van der Waals surface area contributed by atoms with Crippen LogP contribution in [-0.4, -0.2) is 74.2 Å². The van der Waals surface area contributed by atoms with Gasteiger partial charge in [0.1, 0.15) is 12.4 Å². The number of rotatable bonds is 8. The molecule has 0 aromatic heterocycles. The summed E-state index contributed by atoms with van der Waals surface area (Å²) in [6.45, 7) is 5.06. The highest BCUT2D eigenvalue weighted by Crippen LogP contribution is 2.36. The van der Waals surface area contributed by atoms with Crippen molar-refractivity contribution in [3.63, 3.8) is 0 Å². The van der Waals surface area contributed by atoms with E-state index in [0.29, 0.717) is 29.5 Å². The molecule has 3 aromatic carbocycles. The third-order valence-corrected chi connectivity index (χ3v) is 9.04. The number of carbonyl (C=O) groups excluding carboxylic acids is 2. The number of nitrogens with one attached hydrogen (secondary N) is 1. The molecule has 1 heterocycles. The third-order valence-electron chi connectivity index (χ3n) is 7.98. The number of hydrogen-bond acceptors (Lipinski definition) is 6. The van der Waals surface area contributed by atoms with Crippen LogP contribution in [0.25, 0.3) is 0 Å². The van der Waals surface area contributed by atoms with Gasteiger partial charge in [0.15, 0.2) is 0 Å². The summed E-state index contributed by atoms with van der Waals surface area (Å²) < 4.78 is 13.2. The van der Waals surface area contributed by atoms with Crippen LogP contribution in [-0.2, 0) is 17.6 Å². The minimum absolute atomic E-state index is 0.150. The number of halogens is 2. The summed E-state index contributed by atoms with van der Waals surface area (Å²) in [5.74, 6) is 0.346. The summed E-state index contributed by atoms with van der Waals surface area (Å²) in [5, 5.41) is 3.05. The Hall–Kier alpha value is -2.72. The van der Waals surface area contributed by atoms with E-state index in [4.69, 9.17) is 9.47 Å². The van der Waals surface area contributed by atoms with E-state index in [1.807, 2.05) is 30.3 Å². The van der Waals surface area contributed by atoms with Gasteiger partial charge in [0, 0.05) is 53.3 Å². The summed E-state index contributed by atoms with van der Waals surface area (Å²) in [7, 11) is 1.68. The van der Waals surface area contributed by atoms with Gasteiger partial charge in [-0.1, -0.05) is 37.9 Å². The second-order valence-electron chi connectivity index (χ2n) is 10.5. The maximum atomic E-state index is 12.9. The van der Waals surface area contributed by atoms with Gasteiger partial charge >= 0.3 is 5.97 Å². The molecular weight excluding hydrogens is 650 g/mol. The van der Waals surface area contributed by atoms with Crippen LogP contribution in [0.3, 0.4) is 0 Å². The lowest BCUT2D eigenvalue weighted by atomic mass is 9.98. The van der Waals surface area contributed by atoms with Crippen LogP contribution in [0.15, 0.2) is 69.6 Å². The van der Waals surface area contributed by atoms with Crippen molar-refractivity contribution < 1.29 is 19.1 Å². The van der Waals surface area contributed by atoms with E-state index in [1.54, 1.807) is 31.4 Å². The average molecular weight is 685 g/mol. The zero-order valence-electron chi connectivity index (χ0n) is 23.2. The van der Waals surface area contributed by atoms with Crippen LogP contribution < -0.4 is 10.1 Å². The molecule has 41 heavy (non-hydrogen) atoms. The number of carbonyl (C=O) groups is 2. The first-order valence-electron chi connectivity index (χ1n) is 14.1. The topological polar surface area (TPSA) is 71.1 Å². The second kappa shape index (κ2) is 14.0. The molecule has 7 nitrogen and oxygen atoms in total. The number of esters is 1. The Bertz CT molecular complexity index is 1360. The highest BCUT2D eigenvalue weighted by atomic mass is 79.9. The number of nitrogens with zero attached hydrogens (tertiary/aromatic N) is 2. The molecule has 1 atom stereocenters. The minimum atomic E-state index is -0.278. The van der Waals surface area contributed by atoms with Crippen molar-refractivity contribution in [3.8, 4) is 5.75 Å². The van der Waals surface area contributed by atoms with Crippen molar-refractivity contribution in [3.05, 3.63) is 91.9 Å². The molecule has 9 heteroatoms. The third kappa shape index (κ3) is 7.57. The van der Waals surface area contributed by atoms with Gasteiger partial charge in [0.25, 0.3) is 5.91 Å².